The first-order valence-electron chi connectivity index (χ1n) is 8.99. The molecule has 1 aromatic carbocycles. The molecule has 0 saturated carbocycles. The zero-order chi connectivity index (χ0) is 19.1. The lowest BCUT2D eigenvalue weighted by Gasteiger charge is -2.20. The molecule has 1 amide bonds. The number of nitrogens with one attached hydrogen (secondary N) is 2. The highest BCUT2D eigenvalue weighted by Crippen LogP contribution is 2.16. The zero-order valence-corrected chi connectivity index (χ0v) is 16.0. The topological polar surface area (TPSA) is 66.0 Å². The quantitative estimate of drug-likeness (QED) is 0.599. The normalized spacial score (nSPS) is 18.5. The molecule has 7 heteroatoms. The molecule has 2 N–H and O–H groups in total. The smallest absolute Gasteiger partial charge is 0.243 e. The maximum absolute atomic E-state index is 13.8. The van der Waals surface area contributed by atoms with Crippen LogP contribution in [0.15, 0.2) is 23.2 Å². The minimum Gasteiger partial charge on any atom is -0.376 e. The molecule has 26 heavy (non-hydrogen) atoms. The summed E-state index contributed by atoms with van der Waals surface area (Å²) in [7, 11) is 3.39. The van der Waals surface area contributed by atoms with Crippen LogP contribution in [0.1, 0.15) is 36.9 Å². The van der Waals surface area contributed by atoms with Crippen molar-refractivity contribution in [1.29, 1.82) is 0 Å². The Balaban J connectivity index is 2.03. The van der Waals surface area contributed by atoms with E-state index >= 15 is 0 Å². The third kappa shape index (κ3) is 5.98. The summed E-state index contributed by atoms with van der Waals surface area (Å²) in [4.78, 5) is 17.7. The molecule has 1 saturated heterocycles. The fraction of sp³-hybridized carbons (Fsp3) is 0.579. The van der Waals surface area contributed by atoms with Gasteiger partial charge in [-0.2, -0.15) is 0 Å². The van der Waals surface area contributed by atoms with Gasteiger partial charge in [-0.05, 0) is 43.9 Å². The molecule has 1 aromatic rings. The lowest BCUT2D eigenvalue weighted by atomic mass is 10.1. The molecule has 144 valence electrons. The highest BCUT2D eigenvalue weighted by atomic mass is 19.1. The molecule has 0 aliphatic carbocycles. The van der Waals surface area contributed by atoms with Crippen LogP contribution in [0.2, 0.25) is 0 Å². The second kappa shape index (κ2) is 9.52. The number of ether oxygens (including phenoxy) is 1. The third-order valence-corrected chi connectivity index (χ3v) is 4.44. The van der Waals surface area contributed by atoms with Crippen molar-refractivity contribution in [3.8, 4) is 0 Å². The van der Waals surface area contributed by atoms with Crippen LogP contribution in [0.5, 0.6) is 0 Å². The van der Waals surface area contributed by atoms with Gasteiger partial charge in [0, 0.05) is 27.2 Å². The maximum atomic E-state index is 13.8. The molecule has 0 spiro atoms. The predicted octanol–water partition coefficient (Wildman–Crippen LogP) is 2.00. The Morgan fingerprint density at radius 2 is 2.23 bits per heavy atom. The van der Waals surface area contributed by atoms with Crippen molar-refractivity contribution in [1.82, 2.24) is 15.5 Å². The molecule has 1 fully saturated rings. The average Bonchev–Trinajstić information content (AvgIpc) is 3.12. The lowest BCUT2D eigenvalue weighted by molar-refractivity contribution is -0.127. The number of hydrogen-bond donors (Lipinski definition) is 2. The van der Waals surface area contributed by atoms with Crippen LogP contribution in [0.3, 0.4) is 0 Å². The monoisotopic (exact) mass is 364 g/mol. The fourth-order valence-electron chi connectivity index (χ4n) is 2.62. The Morgan fingerprint density at radius 1 is 1.46 bits per heavy atom. The Morgan fingerprint density at radius 3 is 2.85 bits per heavy atom. The van der Waals surface area contributed by atoms with Gasteiger partial charge in [0.15, 0.2) is 5.96 Å². The number of rotatable bonds is 6. The van der Waals surface area contributed by atoms with Gasteiger partial charge in [-0.15, -0.1) is 0 Å². The van der Waals surface area contributed by atoms with E-state index in [1.807, 2.05) is 13.0 Å². The van der Waals surface area contributed by atoms with Gasteiger partial charge >= 0.3 is 0 Å². The Labute approximate surface area is 154 Å². The van der Waals surface area contributed by atoms with Crippen LogP contribution in [-0.2, 0) is 9.53 Å². The van der Waals surface area contributed by atoms with Crippen molar-refractivity contribution in [2.75, 3.05) is 33.8 Å². The van der Waals surface area contributed by atoms with Crippen molar-refractivity contribution >= 4 is 11.9 Å². The minimum atomic E-state index is -0.232. The second-order valence-electron chi connectivity index (χ2n) is 6.84. The van der Waals surface area contributed by atoms with Crippen LogP contribution in [0.4, 0.5) is 4.39 Å². The van der Waals surface area contributed by atoms with Gasteiger partial charge in [-0.3, -0.25) is 4.79 Å². The van der Waals surface area contributed by atoms with Gasteiger partial charge in [0.05, 0.1) is 12.1 Å². The van der Waals surface area contributed by atoms with Crippen LogP contribution in [0.25, 0.3) is 0 Å². The molecule has 0 radical (unpaired) electrons. The van der Waals surface area contributed by atoms with E-state index in [2.05, 4.69) is 15.6 Å². The number of nitrogens with zero attached hydrogens (tertiary/aromatic N) is 2. The number of likely N-dealkylation sites (N-methyl/N-ethyl adjacent to an activating group) is 1. The number of carbonyl (C=O) groups excluding carboxylic acids is 1. The number of amides is 1. The van der Waals surface area contributed by atoms with Crippen LogP contribution in [0, 0.1) is 12.7 Å². The summed E-state index contributed by atoms with van der Waals surface area (Å²) in [5, 5.41) is 6.48. The highest BCUT2D eigenvalue weighted by Gasteiger charge is 2.17. The Bertz CT molecular complexity index is 642. The highest BCUT2D eigenvalue weighted by molar-refractivity contribution is 5.85. The number of hydrogen-bond acceptors (Lipinski definition) is 3. The van der Waals surface area contributed by atoms with Crippen molar-refractivity contribution in [2.24, 2.45) is 4.99 Å². The summed E-state index contributed by atoms with van der Waals surface area (Å²) >= 11 is 0. The van der Waals surface area contributed by atoms with E-state index in [1.165, 1.54) is 11.0 Å². The van der Waals surface area contributed by atoms with E-state index in [9.17, 15) is 9.18 Å². The molecule has 2 atom stereocenters. The first kappa shape index (κ1) is 20.2. The Hall–Kier alpha value is -2.15. The van der Waals surface area contributed by atoms with Gasteiger partial charge < -0.3 is 20.3 Å². The molecule has 1 heterocycles. The van der Waals surface area contributed by atoms with Gasteiger partial charge in [0.2, 0.25) is 5.91 Å². The zero-order valence-electron chi connectivity index (χ0n) is 16.0. The molecule has 1 aliphatic rings. The average molecular weight is 364 g/mol. The molecule has 6 nitrogen and oxygen atoms in total. The second-order valence-corrected chi connectivity index (χ2v) is 6.84. The first-order chi connectivity index (χ1) is 12.4. The summed E-state index contributed by atoms with van der Waals surface area (Å²) in [6.45, 7) is 5.12. The van der Waals surface area contributed by atoms with Crippen LogP contribution < -0.4 is 10.6 Å². The Kier molecular flexibility index (Phi) is 7.38. The van der Waals surface area contributed by atoms with Crippen molar-refractivity contribution < 1.29 is 13.9 Å². The molecule has 2 unspecified atom stereocenters. The van der Waals surface area contributed by atoms with E-state index in [0.29, 0.717) is 18.1 Å². The number of aryl methyl sites for hydroxylation is 1. The van der Waals surface area contributed by atoms with E-state index in [1.54, 1.807) is 27.1 Å². The maximum Gasteiger partial charge on any atom is 0.243 e. The summed E-state index contributed by atoms with van der Waals surface area (Å²) in [6, 6.07) is 5.01. The molecule has 1 aliphatic heterocycles. The summed E-state index contributed by atoms with van der Waals surface area (Å²) in [6.07, 6.45) is 2.22. The molecule has 0 bridgehead atoms. The number of benzene rings is 1. The lowest BCUT2D eigenvalue weighted by Crippen LogP contribution is -2.42. The van der Waals surface area contributed by atoms with Crippen molar-refractivity contribution in [2.45, 2.75) is 38.8 Å². The molecular weight excluding hydrogens is 335 g/mol. The van der Waals surface area contributed by atoms with E-state index in [4.69, 9.17) is 4.74 Å². The van der Waals surface area contributed by atoms with Gasteiger partial charge in [-0.1, -0.05) is 12.1 Å². The molecular formula is C19H29FN4O2. The predicted molar refractivity (Wildman–Crippen MR) is 101 cm³/mol. The number of carbonyl (C=O) groups is 1. The summed E-state index contributed by atoms with van der Waals surface area (Å²) in [5.41, 5.74) is 1.43. The SMILES string of the molecule is Cc1ccc(C(C)NC(=NCC(=O)N(C)C)NCC2CCCO2)cc1F. The number of halogens is 1. The third-order valence-electron chi connectivity index (χ3n) is 4.44. The van der Waals surface area contributed by atoms with Crippen molar-refractivity contribution in [3.63, 3.8) is 0 Å². The van der Waals surface area contributed by atoms with Crippen molar-refractivity contribution in [3.05, 3.63) is 35.1 Å². The minimum absolute atomic E-state index is 0.0445. The number of guanidine groups is 1. The van der Waals surface area contributed by atoms with Gasteiger partial charge in [0.1, 0.15) is 12.4 Å². The van der Waals surface area contributed by atoms with E-state index in [0.717, 1.165) is 25.0 Å². The van der Waals surface area contributed by atoms with E-state index in [-0.39, 0.29) is 30.4 Å². The first-order valence-corrected chi connectivity index (χ1v) is 8.99. The van der Waals surface area contributed by atoms with Gasteiger partial charge in [0.25, 0.3) is 0 Å². The summed E-state index contributed by atoms with van der Waals surface area (Å²) in [5.74, 6) is 0.200. The van der Waals surface area contributed by atoms with Crippen LogP contribution in [-0.4, -0.2) is 56.7 Å². The largest absolute Gasteiger partial charge is 0.376 e. The fourth-order valence-corrected chi connectivity index (χ4v) is 2.62. The van der Waals surface area contributed by atoms with Crippen LogP contribution >= 0.6 is 0 Å². The van der Waals surface area contributed by atoms with Gasteiger partial charge in [-0.25, -0.2) is 9.38 Å². The molecule has 0 aromatic heterocycles. The number of aliphatic imine (C=N–C) groups is 1. The summed E-state index contributed by atoms with van der Waals surface area (Å²) < 4.78 is 19.4. The standard InChI is InChI=1S/C19H29FN4O2/c1-13-7-8-15(10-17(13)20)14(2)23-19(22-12-18(25)24(3)4)21-11-16-6-5-9-26-16/h7-8,10,14,16H,5-6,9,11-12H2,1-4H3,(H2,21,22,23). The molecule has 2 rings (SSSR count). The van der Waals surface area contributed by atoms with E-state index < -0.39 is 0 Å².